The average molecular weight is 375 g/mol. The normalized spacial score (nSPS) is 15.2. The highest BCUT2D eigenvalue weighted by Crippen LogP contribution is 2.42. The molecule has 0 radical (unpaired) electrons. The first-order valence-electron chi connectivity index (χ1n) is 9.91. The van der Waals surface area contributed by atoms with Crippen molar-refractivity contribution in [2.24, 2.45) is 0 Å². The van der Waals surface area contributed by atoms with E-state index in [0.717, 1.165) is 11.3 Å². The molecule has 4 aromatic carbocycles. The van der Waals surface area contributed by atoms with Crippen LogP contribution in [-0.4, -0.2) is 5.91 Å². The van der Waals surface area contributed by atoms with Gasteiger partial charge in [-0.3, -0.25) is 4.79 Å². The summed E-state index contributed by atoms with van der Waals surface area (Å²) < 4.78 is 0. The number of anilines is 1. The molecule has 0 aliphatic carbocycles. The van der Waals surface area contributed by atoms with Crippen molar-refractivity contribution in [3.63, 3.8) is 0 Å². The zero-order valence-electron chi connectivity index (χ0n) is 16.0. The predicted octanol–water partition coefficient (Wildman–Crippen LogP) is 6.03. The lowest BCUT2D eigenvalue weighted by molar-refractivity contribution is 0.0985. The third kappa shape index (κ3) is 3.13. The molecule has 1 unspecified atom stereocenters. The van der Waals surface area contributed by atoms with Gasteiger partial charge in [0.1, 0.15) is 0 Å². The number of rotatable bonds is 2. The highest BCUT2D eigenvalue weighted by atomic mass is 16.2. The number of carbonyl (C=O) groups excluding carboxylic acids is 1. The summed E-state index contributed by atoms with van der Waals surface area (Å²) in [6.07, 6.45) is 0. The molecule has 1 aliphatic rings. The number of amides is 1. The molecule has 1 aliphatic heterocycles. The Morgan fingerprint density at radius 1 is 0.655 bits per heavy atom. The van der Waals surface area contributed by atoms with Gasteiger partial charge in [-0.15, -0.1) is 0 Å². The third-order valence-electron chi connectivity index (χ3n) is 5.63. The molecule has 1 atom stereocenters. The highest BCUT2D eigenvalue weighted by molar-refractivity contribution is 6.06. The highest BCUT2D eigenvalue weighted by Gasteiger charge is 2.30. The predicted molar refractivity (Wildman–Crippen MR) is 117 cm³/mol. The van der Waals surface area contributed by atoms with Crippen molar-refractivity contribution in [2.45, 2.75) is 12.5 Å². The van der Waals surface area contributed by atoms with Crippen molar-refractivity contribution in [2.75, 3.05) is 4.90 Å². The Balaban J connectivity index is 1.73. The summed E-state index contributed by atoms with van der Waals surface area (Å²) >= 11 is 0. The molecule has 0 N–H and O–H groups in total. The lowest BCUT2D eigenvalue weighted by Crippen LogP contribution is -2.30. The second kappa shape index (κ2) is 7.40. The summed E-state index contributed by atoms with van der Waals surface area (Å²) in [4.78, 5) is 15.4. The number of carbonyl (C=O) groups is 1. The molecular weight excluding hydrogens is 354 g/mol. The largest absolute Gasteiger partial charge is 0.304 e. The quantitative estimate of drug-likeness (QED) is 0.419. The van der Waals surface area contributed by atoms with Crippen LogP contribution in [0.25, 0.3) is 0 Å². The van der Waals surface area contributed by atoms with Crippen molar-refractivity contribution < 1.29 is 4.79 Å². The van der Waals surface area contributed by atoms with Gasteiger partial charge in [0.15, 0.2) is 0 Å². The van der Waals surface area contributed by atoms with Crippen LogP contribution in [0.3, 0.4) is 0 Å². The van der Waals surface area contributed by atoms with Gasteiger partial charge < -0.3 is 4.90 Å². The van der Waals surface area contributed by atoms with Crippen LogP contribution in [0.5, 0.6) is 0 Å². The fourth-order valence-corrected chi connectivity index (χ4v) is 4.28. The first-order chi connectivity index (χ1) is 14.3. The van der Waals surface area contributed by atoms with Gasteiger partial charge in [-0.05, 0) is 40.5 Å². The standard InChI is InChI=1S/C27H21NO/c29-27(21-13-5-2-6-14-21)28-19-22-15-7-8-16-23(22)26(20-11-3-1-4-12-20)24-17-9-10-18-25(24)28/h1-18,26H,19H2. The Bertz CT molecular complexity index is 1150. The molecule has 2 heteroatoms. The minimum Gasteiger partial charge on any atom is -0.304 e. The van der Waals surface area contributed by atoms with Crippen molar-refractivity contribution in [1.29, 1.82) is 0 Å². The van der Waals surface area contributed by atoms with Gasteiger partial charge in [0, 0.05) is 17.2 Å². The third-order valence-corrected chi connectivity index (χ3v) is 5.63. The van der Waals surface area contributed by atoms with Gasteiger partial charge >= 0.3 is 0 Å². The van der Waals surface area contributed by atoms with Crippen LogP contribution in [0.4, 0.5) is 5.69 Å². The molecule has 5 rings (SSSR count). The van der Waals surface area contributed by atoms with E-state index in [4.69, 9.17) is 0 Å². The minimum atomic E-state index is 0.0292. The molecule has 0 bridgehead atoms. The number of benzene rings is 4. The van der Waals surface area contributed by atoms with Gasteiger partial charge in [0.2, 0.25) is 0 Å². The molecule has 29 heavy (non-hydrogen) atoms. The summed E-state index contributed by atoms with van der Waals surface area (Å²) in [7, 11) is 0. The molecule has 0 spiro atoms. The van der Waals surface area contributed by atoms with Crippen molar-refractivity contribution in [3.05, 3.63) is 137 Å². The number of hydrogen-bond acceptors (Lipinski definition) is 1. The molecule has 0 aromatic heterocycles. The van der Waals surface area contributed by atoms with E-state index in [1.807, 2.05) is 47.4 Å². The Kier molecular flexibility index (Phi) is 4.45. The maximum atomic E-state index is 13.5. The van der Waals surface area contributed by atoms with Gasteiger partial charge in [0.05, 0.1) is 6.54 Å². The van der Waals surface area contributed by atoms with Crippen LogP contribution in [0.15, 0.2) is 109 Å². The van der Waals surface area contributed by atoms with E-state index >= 15 is 0 Å². The summed E-state index contributed by atoms with van der Waals surface area (Å²) in [6, 6.07) is 36.9. The van der Waals surface area contributed by atoms with Crippen molar-refractivity contribution in [3.8, 4) is 0 Å². The first kappa shape index (κ1) is 17.4. The second-order valence-electron chi connectivity index (χ2n) is 7.36. The van der Waals surface area contributed by atoms with E-state index in [0.29, 0.717) is 12.1 Å². The summed E-state index contributed by atoms with van der Waals surface area (Å²) in [5, 5.41) is 0. The SMILES string of the molecule is O=C(c1ccccc1)N1Cc2ccccc2C(c2ccccc2)c2ccccc21. The Morgan fingerprint density at radius 2 is 1.24 bits per heavy atom. The topological polar surface area (TPSA) is 20.3 Å². The maximum absolute atomic E-state index is 13.5. The Labute approximate surface area is 171 Å². The van der Waals surface area contributed by atoms with Crippen LogP contribution in [0.1, 0.15) is 38.5 Å². The van der Waals surface area contributed by atoms with Gasteiger partial charge in [0.25, 0.3) is 5.91 Å². The average Bonchev–Trinajstić information content (AvgIpc) is 2.94. The van der Waals surface area contributed by atoms with Gasteiger partial charge in [-0.1, -0.05) is 91.0 Å². The summed E-state index contributed by atoms with van der Waals surface area (Å²) in [5.74, 6) is 0.124. The van der Waals surface area contributed by atoms with Crippen molar-refractivity contribution in [1.82, 2.24) is 0 Å². The van der Waals surface area contributed by atoms with Crippen LogP contribution >= 0.6 is 0 Å². The molecule has 0 saturated carbocycles. The zero-order valence-corrected chi connectivity index (χ0v) is 16.0. The monoisotopic (exact) mass is 375 g/mol. The molecule has 2 nitrogen and oxygen atoms in total. The molecule has 1 amide bonds. The van der Waals surface area contributed by atoms with Crippen LogP contribution in [0, 0.1) is 0 Å². The van der Waals surface area contributed by atoms with E-state index in [-0.39, 0.29) is 11.8 Å². The van der Waals surface area contributed by atoms with E-state index in [9.17, 15) is 4.79 Å². The minimum absolute atomic E-state index is 0.0292. The van der Waals surface area contributed by atoms with E-state index in [1.54, 1.807) is 0 Å². The zero-order chi connectivity index (χ0) is 19.6. The van der Waals surface area contributed by atoms with E-state index in [2.05, 4.69) is 66.7 Å². The molecule has 140 valence electrons. The van der Waals surface area contributed by atoms with Crippen molar-refractivity contribution >= 4 is 11.6 Å². The summed E-state index contributed by atoms with van der Waals surface area (Å²) in [5.41, 5.74) is 6.52. The molecule has 0 fully saturated rings. The van der Waals surface area contributed by atoms with Crippen LogP contribution in [-0.2, 0) is 6.54 Å². The number of nitrogens with zero attached hydrogens (tertiary/aromatic N) is 1. The lowest BCUT2D eigenvalue weighted by Gasteiger charge is -2.24. The fraction of sp³-hybridized carbons (Fsp3) is 0.0741. The Morgan fingerprint density at radius 3 is 2.00 bits per heavy atom. The smallest absolute Gasteiger partial charge is 0.258 e. The fourth-order valence-electron chi connectivity index (χ4n) is 4.28. The Hall–Kier alpha value is -3.65. The summed E-state index contributed by atoms with van der Waals surface area (Å²) in [6.45, 7) is 0.560. The number of fused-ring (bicyclic) bond motifs is 2. The molecule has 0 saturated heterocycles. The number of hydrogen-bond donors (Lipinski definition) is 0. The van der Waals surface area contributed by atoms with Gasteiger partial charge in [-0.2, -0.15) is 0 Å². The molecule has 4 aromatic rings. The molecule has 1 heterocycles. The van der Waals surface area contributed by atoms with Crippen LogP contribution in [0.2, 0.25) is 0 Å². The van der Waals surface area contributed by atoms with E-state index < -0.39 is 0 Å². The second-order valence-corrected chi connectivity index (χ2v) is 7.36. The first-order valence-corrected chi connectivity index (χ1v) is 9.91. The number of para-hydroxylation sites is 1. The van der Waals surface area contributed by atoms with Crippen LogP contribution < -0.4 is 4.90 Å². The van der Waals surface area contributed by atoms with E-state index in [1.165, 1.54) is 16.7 Å². The lowest BCUT2D eigenvalue weighted by atomic mass is 9.83. The van der Waals surface area contributed by atoms with Gasteiger partial charge in [-0.25, -0.2) is 0 Å². The maximum Gasteiger partial charge on any atom is 0.258 e. The molecular formula is C27H21NO.